The van der Waals surface area contributed by atoms with E-state index in [2.05, 4.69) is 25.2 Å². The van der Waals surface area contributed by atoms with Crippen LogP contribution in [0.25, 0.3) is 11.4 Å². The first-order valence-electron chi connectivity index (χ1n) is 19.1. The number of anilines is 2. The Morgan fingerprint density at radius 3 is 1.95 bits per heavy atom. The summed E-state index contributed by atoms with van der Waals surface area (Å²) in [6.07, 6.45) is 0.440. The average molecular weight is 889 g/mol. The van der Waals surface area contributed by atoms with Gasteiger partial charge in [-0.25, -0.2) is 36.0 Å². The van der Waals surface area contributed by atoms with Crippen molar-refractivity contribution in [2.75, 3.05) is 45.9 Å². The number of fused-ring (bicyclic) bond motifs is 1. The largest absolute Gasteiger partial charge is 0.497 e. The lowest BCUT2D eigenvalue weighted by molar-refractivity contribution is 0.159. The van der Waals surface area contributed by atoms with Crippen LogP contribution in [0.3, 0.4) is 0 Å². The van der Waals surface area contributed by atoms with Crippen molar-refractivity contribution in [2.45, 2.75) is 42.1 Å². The number of ether oxygens (including phenoxy) is 3. The van der Waals surface area contributed by atoms with Gasteiger partial charge in [-0.2, -0.15) is 4.31 Å². The van der Waals surface area contributed by atoms with Crippen LogP contribution < -0.4 is 29.1 Å². The summed E-state index contributed by atoms with van der Waals surface area (Å²) in [7, 11) is -5.24. The van der Waals surface area contributed by atoms with E-state index in [9.17, 15) is 18.3 Å². The topological polar surface area (TPSA) is 245 Å². The van der Waals surface area contributed by atoms with E-state index in [1.54, 1.807) is 90.1 Å². The lowest BCUT2D eigenvalue weighted by Gasteiger charge is -2.28. The van der Waals surface area contributed by atoms with Crippen LogP contribution in [0.1, 0.15) is 16.7 Å². The molecule has 2 aromatic heterocycles. The van der Waals surface area contributed by atoms with E-state index >= 15 is 8.42 Å². The van der Waals surface area contributed by atoms with Crippen molar-refractivity contribution in [3.8, 4) is 28.6 Å². The van der Waals surface area contributed by atoms with Crippen LogP contribution in [0, 0.1) is 0 Å². The molecule has 326 valence electrons. The standard InChI is InChI=1S/C40H44N10O10S2/c1-58-31-10-4-27(5-11-31)24-48(25-28-6-12-32(59-2)13-7-28)62(56,57)37-35(61(54,55)43-23-30(51)22-42-40(52)53)17-16-34(49-21-20-47-19-18-41-39(47)49)36(37)38-44-45-46-50(38)26-29-8-14-33(60-3)15-9-29/h4-19,30,42-43,51H,20-26H2,1-3H3,(H,52,53). The molecule has 7 rings (SSSR count). The number of nitrogens with zero attached hydrogens (tertiary/aromatic N) is 8. The number of imidazole rings is 1. The summed E-state index contributed by atoms with van der Waals surface area (Å²) in [4.78, 5) is 16.1. The molecular formula is C40H44N10O10S2. The van der Waals surface area contributed by atoms with Gasteiger partial charge in [0.1, 0.15) is 27.0 Å². The summed E-state index contributed by atoms with van der Waals surface area (Å²) < 4.78 is 83.8. The Labute approximate surface area is 357 Å². The molecule has 20 nitrogen and oxygen atoms in total. The predicted octanol–water partition coefficient (Wildman–Crippen LogP) is 3.06. The summed E-state index contributed by atoms with van der Waals surface area (Å²) in [5.41, 5.74) is 1.95. The van der Waals surface area contributed by atoms with Gasteiger partial charge in [-0.3, -0.25) is 0 Å². The number of aliphatic hydroxyl groups is 1. The number of sulfonamides is 2. The van der Waals surface area contributed by atoms with E-state index in [0.29, 0.717) is 47.4 Å². The molecule has 0 spiro atoms. The molecule has 4 N–H and O–H groups in total. The van der Waals surface area contributed by atoms with Crippen molar-refractivity contribution in [3.05, 3.63) is 114 Å². The van der Waals surface area contributed by atoms with Crippen LogP contribution in [0.2, 0.25) is 0 Å². The third-order valence-electron chi connectivity index (χ3n) is 10.1. The maximum Gasteiger partial charge on any atom is 0.404 e. The molecule has 4 aromatic carbocycles. The summed E-state index contributed by atoms with van der Waals surface area (Å²) in [6.45, 7) is -0.757. The summed E-state index contributed by atoms with van der Waals surface area (Å²) in [6, 6.07) is 23.3. The Morgan fingerprint density at radius 1 is 0.806 bits per heavy atom. The van der Waals surface area contributed by atoms with Crippen molar-refractivity contribution in [1.29, 1.82) is 0 Å². The van der Waals surface area contributed by atoms with Gasteiger partial charge in [0, 0.05) is 51.7 Å². The first-order valence-corrected chi connectivity index (χ1v) is 22.0. The zero-order valence-electron chi connectivity index (χ0n) is 33.8. The van der Waals surface area contributed by atoms with Crippen LogP contribution in [0.4, 0.5) is 16.4 Å². The highest BCUT2D eigenvalue weighted by atomic mass is 32.2. The van der Waals surface area contributed by atoms with Crippen molar-refractivity contribution in [2.24, 2.45) is 0 Å². The minimum Gasteiger partial charge on any atom is -0.497 e. The van der Waals surface area contributed by atoms with Gasteiger partial charge in [0.15, 0.2) is 5.82 Å². The fourth-order valence-electron chi connectivity index (χ4n) is 6.90. The summed E-state index contributed by atoms with van der Waals surface area (Å²) in [5.74, 6) is 2.09. The number of nitrogens with one attached hydrogen (secondary N) is 2. The Kier molecular flexibility index (Phi) is 13.0. The number of hydrogen-bond acceptors (Lipinski definition) is 14. The number of amides is 1. The minimum absolute atomic E-state index is 0.0410. The van der Waals surface area contributed by atoms with Crippen molar-refractivity contribution >= 4 is 37.8 Å². The normalized spacial score (nSPS) is 13.2. The van der Waals surface area contributed by atoms with Gasteiger partial charge in [-0.1, -0.05) is 36.4 Å². The van der Waals surface area contributed by atoms with Gasteiger partial charge in [-0.05, 0) is 75.6 Å². The molecule has 6 aromatic rings. The second-order valence-electron chi connectivity index (χ2n) is 14.0. The van der Waals surface area contributed by atoms with Crippen molar-refractivity contribution in [1.82, 2.24) is 44.1 Å². The lowest BCUT2D eigenvalue weighted by Crippen LogP contribution is -2.40. The molecule has 1 unspecified atom stereocenters. The van der Waals surface area contributed by atoms with Crippen LogP contribution in [0.5, 0.6) is 17.2 Å². The summed E-state index contributed by atoms with van der Waals surface area (Å²) >= 11 is 0. The maximum absolute atomic E-state index is 15.9. The molecule has 3 heterocycles. The van der Waals surface area contributed by atoms with Gasteiger partial charge in [0.2, 0.25) is 26.0 Å². The number of rotatable bonds is 19. The first kappa shape index (κ1) is 43.5. The fourth-order valence-corrected chi connectivity index (χ4v) is 10.4. The Bertz CT molecular complexity index is 2680. The molecule has 0 bridgehead atoms. The monoisotopic (exact) mass is 888 g/mol. The number of methoxy groups -OCH3 is 3. The SMILES string of the molecule is COc1ccc(CN(Cc2ccc(OC)cc2)S(=O)(=O)c2c(S(=O)(=O)NCC(O)CNC(=O)O)ccc(N3CCn4ccnc43)c2-c2nnnn2Cc2ccc(OC)cc2)cc1. The van der Waals surface area contributed by atoms with Crippen LogP contribution >= 0.6 is 0 Å². The number of aliphatic hydroxyl groups excluding tert-OH is 1. The lowest BCUT2D eigenvalue weighted by atomic mass is 10.1. The average Bonchev–Trinajstić information content (AvgIpc) is 4.04. The number of benzene rings is 4. The minimum atomic E-state index is -4.95. The Morgan fingerprint density at radius 2 is 1.39 bits per heavy atom. The van der Waals surface area contributed by atoms with Gasteiger partial charge in [-0.15, -0.1) is 5.10 Å². The first-order chi connectivity index (χ1) is 29.8. The van der Waals surface area contributed by atoms with E-state index in [1.165, 1.54) is 38.1 Å². The van der Waals surface area contributed by atoms with E-state index in [-0.39, 0.29) is 36.7 Å². The molecule has 1 aliphatic heterocycles. The van der Waals surface area contributed by atoms with E-state index < -0.39 is 55.1 Å². The molecule has 62 heavy (non-hydrogen) atoms. The highest BCUT2D eigenvalue weighted by molar-refractivity contribution is 7.92. The van der Waals surface area contributed by atoms with Gasteiger partial charge >= 0.3 is 6.09 Å². The molecule has 0 saturated carbocycles. The second kappa shape index (κ2) is 18.6. The van der Waals surface area contributed by atoms with Crippen LogP contribution in [-0.4, -0.2) is 114 Å². The highest BCUT2D eigenvalue weighted by Gasteiger charge is 2.40. The molecule has 0 radical (unpaired) electrons. The quantitative estimate of drug-likeness (QED) is 0.0913. The van der Waals surface area contributed by atoms with Gasteiger partial charge < -0.3 is 39.2 Å². The van der Waals surface area contributed by atoms with Crippen LogP contribution in [-0.2, 0) is 46.2 Å². The Hall–Kier alpha value is -6.59. The molecule has 0 aliphatic carbocycles. The number of carbonyl (C=O) groups is 1. The molecule has 0 saturated heterocycles. The third kappa shape index (κ3) is 9.48. The number of carboxylic acid groups (broad SMARTS) is 1. The number of hydrogen-bond donors (Lipinski definition) is 4. The summed E-state index contributed by atoms with van der Waals surface area (Å²) in [5, 5.41) is 34.2. The van der Waals surface area contributed by atoms with Crippen molar-refractivity contribution in [3.63, 3.8) is 0 Å². The molecule has 1 atom stereocenters. The van der Waals surface area contributed by atoms with Crippen molar-refractivity contribution < 1.29 is 46.1 Å². The molecule has 1 aliphatic rings. The molecule has 0 fully saturated rings. The second-order valence-corrected chi connectivity index (χ2v) is 17.6. The maximum atomic E-state index is 15.9. The third-order valence-corrected chi connectivity index (χ3v) is 13.5. The van der Waals surface area contributed by atoms with E-state index in [0.717, 1.165) is 9.87 Å². The van der Waals surface area contributed by atoms with Gasteiger partial charge in [0.05, 0.1) is 45.2 Å². The zero-order chi connectivity index (χ0) is 44.0. The molecular weight excluding hydrogens is 845 g/mol. The van der Waals surface area contributed by atoms with Gasteiger partial charge in [0.25, 0.3) is 0 Å². The smallest absolute Gasteiger partial charge is 0.404 e. The highest BCUT2D eigenvalue weighted by Crippen LogP contribution is 2.44. The predicted molar refractivity (Wildman–Crippen MR) is 224 cm³/mol. The van der Waals surface area contributed by atoms with E-state index in [1.807, 2.05) is 9.88 Å². The zero-order valence-corrected chi connectivity index (χ0v) is 35.5. The molecule has 22 heteroatoms. The van der Waals surface area contributed by atoms with Crippen LogP contribution in [0.15, 0.2) is 107 Å². The fraction of sp³-hybridized carbons (Fsp3) is 0.275. The van der Waals surface area contributed by atoms with E-state index in [4.69, 9.17) is 19.3 Å². The number of aromatic nitrogens is 6. The Balaban J connectivity index is 1.47. The molecule has 1 amide bonds. The number of tetrazole rings is 1.